The minimum absolute atomic E-state index is 0.00231. The van der Waals surface area contributed by atoms with Gasteiger partial charge < -0.3 is 4.57 Å². The van der Waals surface area contributed by atoms with Crippen molar-refractivity contribution >= 4 is 11.6 Å². The van der Waals surface area contributed by atoms with E-state index in [-0.39, 0.29) is 11.5 Å². The van der Waals surface area contributed by atoms with Crippen molar-refractivity contribution in [3.05, 3.63) is 33.2 Å². The molecule has 0 saturated heterocycles. The number of hydrogen-bond acceptors (Lipinski definition) is 1. The van der Waals surface area contributed by atoms with Gasteiger partial charge in [-0.1, -0.05) is 31.5 Å². The fourth-order valence-corrected chi connectivity index (χ4v) is 1.21. The van der Waals surface area contributed by atoms with E-state index in [1.807, 2.05) is 13.8 Å². The normalized spacial score (nSPS) is 10.8. The first-order chi connectivity index (χ1) is 5.54. The Kier molecular flexibility index (Phi) is 2.58. The van der Waals surface area contributed by atoms with Gasteiger partial charge in [-0.05, 0) is 12.0 Å². The van der Waals surface area contributed by atoms with Crippen molar-refractivity contribution in [1.29, 1.82) is 0 Å². The Hall–Kier alpha value is -0.760. The summed E-state index contributed by atoms with van der Waals surface area (Å²) in [5.74, 6) is 0.251. The van der Waals surface area contributed by atoms with E-state index < -0.39 is 0 Å². The highest BCUT2D eigenvalue weighted by Gasteiger charge is 2.06. The summed E-state index contributed by atoms with van der Waals surface area (Å²) >= 11 is 5.75. The molecule has 0 aliphatic heterocycles. The minimum atomic E-state index is -0.00231. The lowest BCUT2D eigenvalue weighted by molar-refractivity contribution is 0.781. The molecule has 66 valence electrons. The average Bonchev–Trinajstić information content (AvgIpc) is 2.00. The molecule has 1 heterocycles. The zero-order valence-corrected chi connectivity index (χ0v) is 8.22. The van der Waals surface area contributed by atoms with Crippen molar-refractivity contribution in [1.82, 2.24) is 4.57 Å². The van der Waals surface area contributed by atoms with Gasteiger partial charge in [-0.15, -0.1) is 0 Å². The molecule has 0 bridgehead atoms. The Bertz CT molecular complexity index is 341. The van der Waals surface area contributed by atoms with Crippen molar-refractivity contribution < 1.29 is 0 Å². The van der Waals surface area contributed by atoms with Crippen LogP contribution in [0, 0.1) is 0 Å². The smallest absolute Gasteiger partial charge is 0.254 e. The molecular weight excluding hydrogens is 174 g/mol. The number of aromatic nitrogens is 1. The highest BCUT2D eigenvalue weighted by atomic mass is 35.5. The van der Waals surface area contributed by atoms with Crippen LogP contribution >= 0.6 is 11.6 Å². The van der Waals surface area contributed by atoms with Gasteiger partial charge in [0, 0.05) is 12.6 Å². The van der Waals surface area contributed by atoms with Crippen LogP contribution in [0.1, 0.15) is 25.3 Å². The molecule has 0 aromatic carbocycles. The molecule has 0 unspecified atom stereocenters. The maximum absolute atomic E-state index is 11.5. The van der Waals surface area contributed by atoms with Gasteiger partial charge in [0.15, 0.2) is 0 Å². The minimum Gasteiger partial charge on any atom is -0.302 e. The van der Waals surface area contributed by atoms with Crippen LogP contribution in [0.3, 0.4) is 0 Å². The van der Waals surface area contributed by atoms with Crippen LogP contribution in [0.2, 0.25) is 5.15 Å². The fourth-order valence-electron chi connectivity index (χ4n) is 1.07. The summed E-state index contributed by atoms with van der Waals surface area (Å²) in [7, 11) is 1.68. The first-order valence-electron chi connectivity index (χ1n) is 3.89. The highest BCUT2D eigenvalue weighted by molar-refractivity contribution is 6.29. The van der Waals surface area contributed by atoms with Crippen LogP contribution in [0.25, 0.3) is 0 Å². The number of rotatable bonds is 1. The van der Waals surface area contributed by atoms with Gasteiger partial charge in [0.05, 0.1) is 0 Å². The van der Waals surface area contributed by atoms with Crippen LogP contribution < -0.4 is 5.56 Å². The third kappa shape index (κ3) is 1.53. The number of hydrogen-bond donors (Lipinski definition) is 0. The van der Waals surface area contributed by atoms with E-state index in [1.54, 1.807) is 19.2 Å². The van der Waals surface area contributed by atoms with Crippen molar-refractivity contribution in [3.8, 4) is 0 Å². The second kappa shape index (κ2) is 3.31. The van der Waals surface area contributed by atoms with Crippen molar-refractivity contribution in [2.75, 3.05) is 0 Å². The van der Waals surface area contributed by atoms with Crippen molar-refractivity contribution in [3.63, 3.8) is 0 Å². The molecule has 0 N–H and O–H groups in total. The van der Waals surface area contributed by atoms with E-state index in [9.17, 15) is 4.79 Å². The van der Waals surface area contributed by atoms with E-state index in [1.165, 1.54) is 4.57 Å². The highest BCUT2D eigenvalue weighted by Crippen LogP contribution is 2.11. The first kappa shape index (κ1) is 9.33. The molecule has 0 radical (unpaired) electrons. The van der Waals surface area contributed by atoms with Gasteiger partial charge in [-0.25, -0.2) is 0 Å². The standard InChI is InChI=1S/C9H12ClNO/c1-6(2)7-4-5-8(10)11(3)9(7)12/h4-6H,1-3H3. The topological polar surface area (TPSA) is 22.0 Å². The van der Waals surface area contributed by atoms with Gasteiger partial charge in [-0.2, -0.15) is 0 Å². The Labute approximate surface area is 76.8 Å². The monoisotopic (exact) mass is 185 g/mol. The Morgan fingerprint density at radius 1 is 1.42 bits per heavy atom. The summed E-state index contributed by atoms with van der Waals surface area (Å²) < 4.78 is 1.46. The van der Waals surface area contributed by atoms with Crippen LogP contribution in [0.4, 0.5) is 0 Å². The molecule has 1 rings (SSSR count). The van der Waals surface area contributed by atoms with E-state index >= 15 is 0 Å². The van der Waals surface area contributed by atoms with Crippen LogP contribution in [-0.4, -0.2) is 4.57 Å². The summed E-state index contributed by atoms with van der Waals surface area (Å²) in [5, 5.41) is 0.476. The summed E-state index contributed by atoms with van der Waals surface area (Å²) in [6.07, 6.45) is 0. The molecule has 12 heavy (non-hydrogen) atoms. The van der Waals surface area contributed by atoms with E-state index in [4.69, 9.17) is 11.6 Å². The lowest BCUT2D eigenvalue weighted by atomic mass is 10.1. The molecular formula is C9H12ClNO. The summed E-state index contributed by atoms with van der Waals surface area (Å²) in [6, 6.07) is 3.54. The molecule has 1 aromatic heterocycles. The first-order valence-corrected chi connectivity index (χ1v) is 4.27. The second-order valence-corrected chi connectivity index (χ2v) is 3.52. The summed E-state index contributed by atoms with van der Waals surface area (Å²) in [5.41, 5.74) is 0.805. The molecule has 0 aliphatic carbocycles. The average molecular weight is 186 g/mol. The van der Waals surface area contributed by atoms with E-state index in [2.05, 4.69) is 0 Å². The Morgan fingerprint density at radius 2 is 2.00 bits per heavy atom. The molecule has 0 atom stereocenters. The third-order valence-electron chi connectivity index (χ3n) is 1.89. The molecule has 1 aromatic rings. The molecule has 0 saturated carbocycles. The van der Waals surface area contributed by atoms with Gasteiger partial charge >= 0.3 is 0 Å². The van der Waals surface area contributed by atoms with Gasteiger partial charge in [0.2, 0.25) is 0 Å². The van der Waals surface area contributed by atoms with Gasteiger partial charge in [0.25, 0.3) is 5.56 Å². The number of nitrogens with zero attached hydrogens (tertiary/aromatic N) is 1. The number of halogens is 1. The SMILES string of the molecule is CC(C)c1ccc(Cl)n(C)c1=O. The Balaban J connectivity index is 3.37. The molecule has 2 nitrogen and oxygen atoms in total. The maximum Gasteiger partial charge on any atom is 0.254 e. The predicted molar refractivity (Wildman–Crippen MR) is 50.8 cm³/mol. The lowest BCUT2D eigenvalue weighted by Gasteiger charge is -2.07. The van der Waals surface area contributed by atoms with E-state index in [0.29, 0.717) is 5.15 Å². The lowest BCUT2D eigenvalue weighted by Crippen LogP contribution is -2.21. The van der Waals surface area contributed by atoms with Crippen LogP contribution in [0.15, 0.2) is 16.9 Å². The second-order valence-electron chi connectivity index (χ2n) is 3.13. The van der Waals surface area contributed by atoms with Crippen LogP contribution in [0.5, 0.6) is 0 Å². The summed E-state index contributed by atoms with van der Waals surface area (Å²) in [6.45, 7) is 3.98. The zero-order chi connectivity index (χ0) is 9.30. The van der Waals surface area contributed by atoms with Gasteiger partial charge in [-0.3, -0.25) is 4.79 Å². The quantitative estimate of drug-likeness (QED) is 0.615. The zero-order valence-electron chi connectivity index (χ0n) is 7.47. The van der Waals surface area contributed by atoms with Crippen molar-refractivity contribution in [2.45, 2.75) is 19.8 Å². The fraction of sp³-hybridized carbons (Fsp3) is 0.444. The Morgan fingerprint density at radius 3 is 2.50 bits per heavy atom. The molecule has 0 fully saturated rings. The predicted octanol–water partition coefficient (Wildman–Crippen LogP) is 2.16. The van der Waals surface area contributed by atoms with Crippen LogP contribution in [-0.2, 0) is 7.05 Å². The molecule has 0 aliphatic rings. The molecule has 0 spiro atoms. The summed E-state index contributed by atoms with van der Waals surface area (Å²) in [4.78, 5) is 11.5. The number of pyridine rings is 1. The molecule has 3 heteroatoms. The maximum atomic E-state index is 11.5. The van der Waals surface area contributed by atoms with Crippen molar-refractivity contribution in [2.24, 2.45) is 7.05 Å². The van der Waals surface area contributed by atoms with Gasteiger partial charge in [0.1, 0.15) is 5.15 Å². The third-order valence-corrected chi connectivity index (χ3v) is 2.27. The largest absolute Gasteiger partial charge is 0.302 e. The van der Waals surface area contributed by atoms with E-state index in [0.717, 1.165) is 5.56 Å². The molecule has 0 amide bonds.